The zero-order valence-electron chi connectivity index (χ0n) is 11.9. The predicted octanol–water partition coefficient (Wildman–Crippen LogP) is 3.09. The molecular formula is C14H9F4N3O2S. The number of benzene rings is 1. The lowest BCUT2D eigenvalue weighted by Gasteiger charge is -2.03. The van der Waals surface area contributed by atoms with Crippen molar-refractivity contribution in [1.29, 1.82) is 0 Å². The molecule has 0 aliphatic rings. The number of aromatic nitrogens is 3. The van der Waals surface area contributed by atoms with Gasteiger partial charge in [0.15, 0.2) is 5.82 Å². The lowest BCUT2D eigenvalue weighted by molar-refractivity contribution is -0.134. The summed E-state index contributed by atoms with van der Waals surface area (Å²) >= 11 is 0.313. The first-order chi connectivity index (χ1) is 11.3. The van der Waals surface area contributed by atoms with Crippen LogP contribution in [0.5, 0.6) is 0 Å². The van der Waals surface area contributed by atoms with E-state index < -0.39 is 22.6 Å². The molecule has 3 rings (SSSR count). The molecule has 0 radical (unpaired) electrons. The van der Waals surface area contributed by atoms with Crippen LogP contribution in [0.25, 0.3) is 0 Å². The summed E-state index contributed by atoms with van der Waals surface area (Å²) < 4.78 is 60.1. The molecule has 0 spiro atoms. The quantitative estimate of drug-likeness (QED) is 0.672. The smallest absolute Gasteiger partial charge is 0.296 e. The van der Waals surface area contributed by atoms with Gasteiger partial charge in [0.25, 0.3) is 0 Å². The monoisotopic (exact) mass is 359 g/mol. The first-order valence-electron chi connectivity index (χ1n) is 6.65. The van der Waals surface area contributed by atoms with Crippen LogP contribution in [0.2, 0.25) is 0 Å². The summed E-state index contributed by atoms with van der Waals surface area (Å²) in [6, 6.07) is 6.43. The average molecular weight is 359 g/mol. The van der Waals surface area contributed by atoms with E-state index in [0.29, 0.717) is 17.1 Å². The molecule has 0 atom stereocenters. The van der Waals surface area contributed by atoms with Crippen LogP contribution in [0.15, 0.2) is 39.6 Å². The average Bonchev–Trinajstić information content (AvgIpc) is 3.11. The molecule has 2 aromatic heterocycles. The van der Waals surface area contributed by atoms with Crippen LogP contribution in [0.4, 0.5) is 17.6 Å². The van der Waals surface area contributed by atoms with Gasteiger partial charge in [0.1, 0.15) is 10.7 Å². The number of hydrogen-bond donors (Lipinski definition) is 0. The van der Waals surface area contributed by atoms with E-state index in [1.807, 2.05) is 0 Å². The third-order valence-corrected chi connectivity index (χ3v) is 4.07. The summed E-state index contributed by atoms with van der Waals surface area (Å²) in [5, 5.41) is 3.62. The van der Waals surface area contributed by atoms with E-state index in [1.54, 1.807) is 0 Å². The van der Waals surface area contributed by atoms with Crippen molar-refractivity contribution in [2.75, 3.05) is 0 Å². The maximum absolute atomic E-state index is 12.9. The van der Waals surface area contributed by atoms with Crippen LogP contribution in [-0.4, -0.2) is 14.1 Å². The van der Waals surface area contributed by atoms with Crippen molar-refractivity contribution in [2.45, 2.75) is 19.1 Å². The van der Waals surface area contributed by atoms with Gasteiger partial charge in [-0.15, -0.1) is 0 Å². The Morgan fingerprint density at radius 1 is 1.21 bits per heavy atom. The second-order valence-corrected chi connectivity index (χ2v) is 5.74. The number of halogens is 4. The molecule has 0 amide bonds. The topological polar surface area (TPSA) is 60.9 Å². The molecule has 5 nitrogen and oxygen atoms in total. The Hall–Kier alpha value is -2.49. The summed E-state index contributed by atoms with van der Waals surface area (Å²) in [5.74, 6) is -0.986. The molecule has 3 aromatic rings. The first kappa shape index (κ1) is 16.4. The van der Waals surface area contributed by atoms with Crippen LogP contribution in [0.3, 0.4) is 0 Å². The Labute approximate surface area is 136 Å². The second-order valence-electron chi connectivity index (χ2n) is 4.93. The van der Waals surface area contributed by atoms with Gasteiger partial charge in [-0.3, -0.25) is 9.09 Å². The van der Waals surface area contributed by atoms with Gasteiger partial charge in [-0.1, -0.05) is 17.3 Å². The first-order valence-corrected chi connectivity index (χ1v) is 7.43. The molecule has 0 N–H and O–H groups in total. The Balaban J connectivity index is 1.84. The van der Waals surface area contributed by atoms with Crippen molar-refractivity contribution in [3.8, 4) is 0 Å². The lowest BCUT2D eigenvalue weighted by Crippen LogP contribution is -2.18. The maximum atomic E-state index is 12.9. The van der Waals surface area contributed by atoms with E-state index in [2.05, 4.69) is 14.1 Å². The van der Waals surface area contributed by atoms with E-state index in [-0.39, 0.29) is 24.5 Å². The molecule has 0 bridgehead atoms. The number of rotatable bonds is 4. The third-order valence-electron chi connectivity index (χ3n) is 3.20. The van der Waals surface area contributed by atoms with Crippen LogP contribution < -0.4 is 5.76 Å². The molecule has 2 heterocycles. The second kappa shape index (κ2) is 6.19. The van der Waals surface area contributed by atoms with Crippen molar-refractivity contribution >= 4 is 11.5 Å². The van der Waals surface area contributed by atoms with E-state index in [0.717, 1.165) is 10.6 Å². The highest BCUT2D eigenvalue weighted by Gasteiger charge is 2.33. The molecule has 126 valence electrons. The highest BCUT2D eigenvalue weighted by molar-refractivity contribution is 7.05. The number of hydrogen-bond acceptors (Lipinski definition) is 5. The lowest BCUT2D eigenvalue weighted by atomic mass is 10.1. The van der Waals surface area contributed by atoms with E-state index in [9.17, 15) is 22.4 Å². The minimum atomic E-state index is -4.48. The third kappa shape index (κ3) is 3.53. The molecule has 0 saturated heterocycles. The minimum Gasteiger partial charge on any atom is -0.296 e. The van der Waals surface area contributed by atoms with Crippen molar-refractivity contribution in [2.24, 2.45) is 0 Å². The largest absolute Gasteiger partial charge is 0.441 e. The molecule has 0 aliphatic carbocycles. The Kier molecular flexibility index (Phi) is 4.22. The zero-order chi connectivity index (χ0) is 17.3. The maximum Gasteiger partial charge on any atom is 0.441 e. The van der Waals surface area contributed by atoms with Gasteiger partial charge in [0.05, 0.1) is 12.2 Å². The SMILES string of the molecule is O=c1onc(Cc2ccc(F)cc2)n1Cc1cc(C(F)(F)F)sn1. The van der Waals surface area contributed by atoms with Gasteiger partial charge in [-0.25, -0.2) is 9.18 Å². The molecule has 1 aromatic carbocycles. The summed E-state index contributed by atoms with van der Waals surface area (Å²) in [6.07, 6.45) is -4.31. The zero-order valence-corrected chi connectivity index (χ0v) is 12.7. The summed E-state index contributed by atoms with van der Waals surface area (Å²) in [6.45, 7) is -0.189. The highest BCUT2D eigenvalue weighted by atomic mass is 32.1. The highest BCUT2D eigenvalue weighted by Crippen LogP contribution is 2.32. The van der Waals surface area contributed by atoms with Gasteiger partial charge in [0.2, 0.25) is 0 Å². The number of nitrogens with zero attached hydrogens (tertiary/aromatic N) is 3. The van der Waals surface area contributed by atoms with Gasteiger partial charge in [-0.05, 0) is 35.3 Å². The van der Waals surface area contributed by atoms with E-state index in [4.69, 9.17) is 0 Å². The predicted molar refractivity (Wildman–Crippen MR) is 76.2 cm³/mol. The molecule has 0 fully saturated rings. The van der Waals surface area contributed by atoms with Gasteiger partial charge < -0.3 is 0 Å². The van der Waals surface area contributed by atoms with Gasteiger partial charge >= 0.3 is 11.9 Å². The summed E-state index contributed by atoms with van der Waals surface area (Å²) in [5.41, 5.74) is 0.755. The summed E-state index contributed by atoms with van der Waals surface area (Å²) in [4.78, 5) is 10.9. The van der Waals surface area contributed by atoms with Crippen molar-refractivity contribution in [3.63, 3.8) is 0 Å². The van der Waals surface area contributed by atoms with E-state index >= 15 is 0 Å². The Morgan fingerprint density at radius 2 is 1.92 bits per heavy atom. The normalized spacial score (nSPS) is 11.8. The standard InChI is InChI=1S/C14H9F4N3O2S/c15-9-3-1-8(2-4-9)5-12-19-23-13(22)21(12)7-10-6-11(24-20-10)14(16,17)18/h1-4,6H,5,7H2. The molecule has 10 heteroatoms. The fourth-order valence-corrected chi connectivity index (χ4v) is 2.66. The Morgan fingerprint density at radius 3 is 2.54 bits per heavy atom. The molecular weight excluding hydrogens is 350 g/mol. The van der Waals surface area contributed by atoms with Crippen molar-refractivity contribution in [1.82, 2.24) is 14.1 Å². The molecule has 0 saturated carbocycles. The summed E-state index contributed by atoms with van der Waals surface area (Å²) in [7, 11) is 0. The molecule has 24 heavy (non-hydrogen) atoms. The van der Waals surface area contributed by atoms with Crippen molar-refractivity contribution < 1.29 is 22.1 Å². The minimum absolute atomic E-state index is 0.0815. The number of alkyl halides is 3. The molecule has 0 aliphatic heterocycles. The van der Waals surface area contributed by atoms with Crippen LogP contribution in [0, 0.1) is 5.82 Å². The van der Waals surface area contributed by atoms with E-state index in [1.165, 1.54) is 24.3 Å². The van der Waals surface area contributed by atoms with Gasteiger partial charge in [0, 0.05) is 6.42 Å². The van der Waals surface area contributed by atoms with Crippen LogP contribution in [0.1, 0.15) is 22.0 Å². The Bertz CT molecular complexity index is 896. The fraction of sp³-hybridized carbons (Fsp3) is 0.214. The van der Waals surface area contributed by atoms with Crippen molar-refractivity contribution in [3.05, 3.63) is 68.7 Å². The molecule has 0 unspecified atom stereocenters. The van der Waals surface area contributed by atoms with Crippen LogP contribution in [-0.2, 0) is 19.1 Å². The van der Waals surface area contributed by atoms with Gasteiger partial charge in [-0.2, -0.15) is 17.5 Å². The fourth-order valence-electron chi connectivity index (χ4n) is 2.05. The van der Waals surface area contributed by atoms with Crippen LogP contribution >= 0.6 is 11.5 Å².